The SMILES string of the molecule is C=COC(=O)P(=O)(O)OC(=O)O. The van der Waals surface area contributed by atoms with Crippen molar-refractivity contribution in [2.24, 2.45) is 0 Å². The van der Waals surface area contributed by atoms with E-state index in [4.69, 9.17) is 10.00 Å². The minimum atomic E-state index is -4.89. The van der Waals surface area contributed by atoms with Crippen LogP contribution in [0.2, 0.25) is 0 Å². The van der Waals surface area contributed by atoms with Gasteiger partial charge in [-0.2, -0.15) is 0 Å². The van der Waals surface area contributed by atoms with E-state index in [2.05, 4.69) is 15.8 Å². The van der Waals surface area contributed by atoms with Crippen molar-refractivity contribution in [3.05, 3.63) is 12.8 Å². The van der Waals surface area contributed by atoms with Crippen LogP contribution in [-0.2, 0) is 13.8 Å². The van der Waals surface area contributed by atoms with Crippen LogP contribution in [0.25, 0.3) is 0 Å². The summed E-state index contributed by atoms with van der Waals surface area (Å²) in [5.41, 5.74) is -1.69. The van der Waals surface area contributed by atoms with Gasteiger partial charge >= 0.3 is 19.5 Å². The summed E-state index contributed by atoms with van der Waals surface area (Å²) in [7, 11) is -4.89. The average Bonchev–Trinajstić information content (AvgIpc) is 1.85. The Morgan fingerprint density at radius 3 is 2.33 bits per heavy atom. The zero-order valence-corrected chi connectivity index (χ0v) is 6.56. The molecular weight excluding hydrogens is 191 g/mol. The molecule has 0 aliphatic rings. The normalized spacial score (nSPS) is 14.1. The smallest absolute Gasteiger partial charge is 0.449 e. The van der Waals surface area contributed by atoms with Crippen molar-refractivity contribution in [1.29, 1.82) is 0 Å². The first kappa shape index (κ1) is 10.7. The van der Waals surface area contributed by atoms with E-state index >= 15 is 0 Å². The van der Waals surface area contributed by atoms with Crippen molar-refractivity contribution in [2.75, 3.05) is 0 Å². The Labute approximate surface area is 66.7 Å². The van der Waals surface area contributed by atoms with Gasteiger partial charge < -0.3 is 19.3 Å². The third-order valence-electron chi connectivity index (χ3n) is 0.617. The summed E-state index contributed by atoms with van der Waals surface area (Å²) < 4.78 is 17.7. The Morgan fingerprint density at radius 1 is 1.50 bits per heavy atom. The van der Waals surface area contributed by atoms with Crippen molar-refractivity contribution in [3.63, 3.8) is 0 Å². The molecule has 0 rings (SSSR count). The molecule has 68 valence electrons. The number of ether oxygens (including phenoxy) is 1. The molecule has 0 bridgehead atoms. The maximum atomic E-state index is 10.5. The number of hydrogen-bond acceptors (Lipinski definition) is 5. The topological polar surface area (TPSA) is 110 Å². The molecule has 2 N–H and O–H groups in total. The molecule has 0 aliphatic carbocycles. The molecule has 0 aromatic carbocycles. The number of hydrogen-bond donors (Lipinski definition) is 2. The molecule has 0 radical (unpaired) electrons. The lowest BCUT2D eigenvalue weighted by molar-refractivity contribution is 0.135. The van der Waals surface area contributed by atoms with E-state index in [1.54, 1.807) is 0 Å². The van der Waals surface area contributed by atoms with Crippen LogP contribution < -0.4 is 0 Å². The van der Waals surface area contributed by atoms with E-state index in [9.17, 15) is 14.2 Å². The van der Waals surface area contributed by atoms with Gasteiger partial charge in [0.2, 0.25) is 0 Å². The molecule has 0 aromatic heterocycles. The standard InChI is InChI=1S/C4H5O7P/c1-2-10-4(7)12(8,9)11-3(5)6/h2H,1H2,(H,5,6)(H,8,9). The quantitative estimate of drug-likeness (QED) is 0.514. The molecule has 0 saturated carbocycles. The van der Waals surface area contributed by atoms with Gasteiger partial charge in [-0.15, -0.1) is 0 Å². The average molecular weight is 196 g/mol. The summed E-state index contributed by atoms with van der Waals surface area (Å²) >= 11 is 0. The van der Waals surface area contributed by atoms with Crippen LogP contribution in [0, 0.1) is 0 Å². The van der Waals surface area contributed by atoms with E-state index in [1.807, 2.05) is 0 Å². The summed E-state index contributed by atoms with van der Waals surface area (Å²) in [6.07, 6.45) is -1.46. The summed E-state index contributed by atoms with van der Waals surface area (Å²) in [6, 6.07) is 0. The van der Waals surface area contributed by atoms with Crippen LogP contribution in [0.3, 0.4) is 0 Å². The predicted molar refractivity (Wildman–Crippen MR) is 35.6 cm³/mol. The van der Waals surface area contributed by atoms with Gasteiger partial charge in [-0.05, 0) is 0 Å². The fourth-order valence-electron chi connectivity index (χ4n) is 0.281. The van der Waals surface area contributed by atoms with Crippen molar-refractivity contribution < 1.29 is 33.4 Å². The fourth-order valence-corrected chi connectivity index (χ4v) is 0.775. The molecule has 1 atom stereocenters. The Hall–Kier alpha value is -1.33. The molecule has 7 nitrogen and oxygen atoms in total. The van der Waals surface area contributed by atoms with E-state index < -0.39 is 19.5 Å². The van der Waals surface area contributed by atoms with Gasteiger partial charge in [0, 0.05) is 0 Å². The second kappa shape index (κ2) is 3.89. The first-order valence-electron chi connectivity index (χ1n) is 2.47. The first-order valence-corrected chi connectivity index (χ1v) is 4.05. The van der Waals surface area contributed by atoms with E-state index in [-0.39, 0.29) is 0 Å². The Morgan fingerprint density at radius 2 is 2.00 bits per heavy atom. The second-order valence-electron chi connectivity index (χ2n) is 1.43. The van der Waals surface area contributed by atoms with Gasteiger partial charge in [-0.1, -0.05) is 6.58 Å². The molecule has 0 saturated heterocycles. The highest BCUT2D eigenvalue weighted by Gasteiger charge is 2.36. The van der Waals surface area contributed by atoms with Crippen LogP contribution in [0.4, 0.5) is 9.59 Å². The van der Waals surface area contributed by atoms with E-state index in [0.29, 0.717) is 6.26 Å². The minimum Gasteiger partial charge on any atom is -0.449 e. The molecule has 1 unspecified atom stereocenters. The molecule has 0 amide bonds. The van der Waals surface area contributed by atoms with Crippen molar-refractivity contribution in [2.45, 2.75) is 0 Å². The van der Waals surface area contributed by atoms with Gasteiger partial charge in [-0.25, -0.2) is 14.2 Å². The molecule has 0 heterocycles. The highest BCUT2D eigenvalue weighted by Crippen LogP contribution is 2.44. The van der Waals surface area contributed by atoms with Gasteiger partial charge in [0.05, 0.1) is 6.26 Å². The van der Waals surface area contributed by atoms with Crippen molar-refractivity contribution in [3.8, 4) is 0 Å². The highest BCUT2D eigenvalue weighted by molar-refractivity contribution is 7.70. The van der Waals surface area contributed by atoms with Crippen LogP contribution in [0.5, 0.6) is 0 Å². The number of rotatable bonds is 3. The van der Waals surface area contributed by atoms with Gasteiger partial charge in [0.15, 0.2) is 0 Å². The number of carboxylic acid groups (broad SMARTS) is 1. The lowest BCUT2D eigenvalue weighted by Crippen LogP contribution is -2.06. The third-order valence-corrected chi connectivity index (χ3v) is 1.59. The minimum absolute atomic E-state index is 0.580. The lowest BCUT2D eigenvalue weighted by atomic mass is 11.1. The summed E-state index contributed by atoms with van der Waals surface area (Å²) in [5, 5.41) is 7.88. The molecule has 8 heteroatoms. The molecule has 12 heavy (non-hydrogen) atoms. The zero-order chi connectivity index (χ0) is 9.78. The predicted octanol–water partition coefficient (Wildman–Crippen LogP) is 1.15. The molecule has 0 fully saturated rings. The maximum Gasteiger partial charge on any atom is 0.512 e. The van der Waals surface area contributed by atoms with E-state index in [0.717, 1.165) is 0 Å². The Kier molecular flexibility index (Phi) is 3.46. The van der Waals surface area contributed by atoms with Gasteiger partial charge in [-0.3, -0.25) is 0 Å². The number of carbonyl (C=O) groups excluding carboxylic acids is 1. The van der Waals surface area contributed by atoms with Crippen LogP contribution in [-0.4, -0.2) is 21.9 Å². The monoisotopic (exact) mass is 196 g/mol. The molecule has 0 aromatic rings. The van der Waals surface area contributed by atoms with Crippen LogP contribution in [0.1, 0.15) is 0 Å². The van der Waals surface area contributed by atoms with Crippen LogP contribution in [0.15, 0.2) is 12.8 Å². The largest absolute Gasteiger partial charge is 0.512 e. The lowest BCUT2D eigenvalue weighted by Gasteiger charge is -2.05. The van der Waals surface area contributed by atoms with E-state index in [1.165, 1.54) is 0 Å². The van der Waals surface area contributed by atoms with Gasteiger partial charge in [0.25, 0.3) is 0 Å². The third kappa shape index (κ3) is 3.18. The highest BCUT2D eigenvalue weighted by atomic mass is 31.2. The maximum absolute atomic E-state index is 10.5. The molecule has 0 aliphatic heterocycles. The number of carbonyl (C=O) groups is 2. The molecule has 0 spiro atoms. The fraction of sp³-hybridized carbons (Fsp3) is 0. The summed E-state index contributed by atoms with van der Waals surface area (Å²) in [6.45, 7) is 2.92. The first-order chi connectivity index (χ1) is 5.40. The molecular formula is C4H5O7P. The Bertz CT molecular complexity index is 256. The Balaban J connectivity index is 4.39. The van der Waals surface area contributed by atoms with Crippen LogP contribution >= 0.6 is 7.60 Å². The summed E-state index contributed by atoms with van der Waals surface area (Å²) in [5.74, 6) is 0. The zero-order valence-electron chi connectivity index (χ0n) is 5.67. The summed E-state index contributed by atoms with van der Waals surface area (Å²) in [4.78, 5) is 28.7. The second-order valence-corrected chi connectivity index (χ2v) is 3.02. The van der Waals surface area contributed by atoms with Gasteiger partial charge in [0.1, 0.15) is 0 Å². The van der Waals surface area contributed by atoms with Crippen molar-refractivity contribution in [1.82, 2.24) is 0 Å². The van der Waals surface area contributed by atoms with Crippen molar-refractivity contribution >= 4 is 19.5 Å².